The third-order valence-corrected chi connectivity index (χ3v) is 1.18. The Bertz CT molecular complexity index is 235. The second-order valence-corrected chi connectivity index (χ2v) is 2.30. The number of hydrogen-bond donors (Lipinski definition) is 0. The quantitative estimate of drug-likeness (QED) is 0.532. The Morgan fingerprint density at radius 1 is 1.13 bits per heavy atom. The van der Waals surface area contributed by atoms with Crippen molar-refractivity contribution in [1.82, 2.24) is 0 Å². The van der Waals surface area contributed by atoms with Gasteiger partial charge in [-0.25, -0.2) is 17.6 Å². The zero-order valence-corrected chi connectivity index (χ0v) is 6.79. The molecule has 0 spiro atoms. The SMILES string of the molecule is FCC(F)(F)C(F)C(F)OC(F)=C(F)F. The molecule has 0 amide bonds. The highest BCUT2D eigenvalue weighted by Gasteiger charge is 2.47. The van der Waals surface area contributed by atoms with Crippen LogP contribution < -0.4 is 0 Å². The van der Waals surface area contributed by atoms with Gasteiger partial charge in [0.1, 0.15) is 0 Å². The third-order valence-electron chi connectivity index (χ3n) is 1.18. The number of halogens is 8. The van der Waals surface area contributed by atoms with E-state index in [0.717, 1.165) is 0 Å². The Morgan fingerprint density at radius 2 is 1.60 bits per heavy atom. The first-order valence-electron chi connectivity index (χ1n) is 3.31. The average Bonchev–Trinajstić information content (AvgIpc) is 2.16. The van der Waals surface area contributed by atoms with Gasteiger partial charge in [0.25, 0.3) is 6.36 Å². The Morgan fingerprint density at radius 3 is 1.93 bits per heavy atom. The lowest BCUT2D eigenvalue weighted by Gasteiger charge is -2.20. The zero-order valence-electron chi connectivity index (χ0n) is 6.79. The van der Waals surface area contributed by atoms with Gasteiger partial charge in [0.2, 0.25) is 6.17 Å². The molecule has 1 nitrogen and oxygen atoms in total. The van der Waals surface area contributed by atoms with E-state index in [2.05, 4.69) is 4.74 Å². The highest BCUT2D eigenvalue weighted by Crippen LogP contribution is 2.28. The fourth-order valence-corrected chi connectivity index (χ4v) is 0.469. The van der Waals surface area contributed by atoms with Gasteiger partial charge in [0.05, 0.1) is 0 Å². The molecule has 0 saturated carbocycles. The number of ether oxygens (including phenoxy) is 1. The fourth-order valence-electron chi connectivity index (χ4n) is 0.469. The van der Waals surface area contributed by atoms with Gasteiger partial charge in [0, 0.05) is 0 Å². The minimum atomic E-state index is -4.77. The first kappa shape index (κ1) is 14.0. The lowest BCUT2D eigenvalue weighted by molar-refractivity contribution is -0.175. The van der Waals surface area contributed by atoms with E-state index in [-0.39, 0.29) is 0 Å². The van der Waals surface area contributed by atoms with Crippen molar-refractivity contribution in [3.8, 4) is 0 Å². The van der Waals surface area contributed by atoms with E-state index < -0.39 is 37.2 Å². The van der Waals surface area contributed by atoms with Crippen molar-refractivity contribution in [3.63, 3.8) is 0 Å². The molecular weight excluding hydrogens is 240 g/mol. The molecule has 9 heteroatoms. The summed E-state index contributed by atoms with van der Waals surface area (Å²) in [6.07, 6.45) is -10.8. The molecule has 15 heavy (non-hydrogen) atoms. The summed E-state index contributed by atoms with van der Waals surface area (Å²) in [6, 6.07) is -2.83. The van der Waals surface area contributed by atoms with E-state index in [9.17, 15) is 35.1 Å². The minimum absolute atomic E-state index is 2.57. The minimum Gasteiger partial charge on any atom is -0.429 e. The van der Waals surface area contributed by atoms with Crippen molar-refractivity contribution < 1.29 is 39.9 Å². The molecule has 0 aromatic carbocycles. The molecule has 0 aliphatic heterocycles. The molecule has 2 unspecified atom stereocenters. The third kappa shape index (κ3) is 3.92. The Balaban J connectivity index is 4.47. The summed E-state index contributed by atoms with van der Waals surface area (Å²) in [5.74, 6) is -4.77. The maximum Gasteiger partial charge on any atom is 0.342 e. The van der Waals surface area contributed by atoms with Crippen LogP contribution in [-0.4, -0.2) is 25.1 Å². The van der Waals surface area contributed by atoms with Crippen LogP contribution in [0.15, 0.2) is 12.1 Å². The van der Waals surface area contributed by atoms with Gasteiger partial charge < -0.3 is 4.74 Å². The molecule has 0 aliphatic rings. The van der Waals surface area contributed by atoms with Crippen LogP contribution >= 0.6 is 0 Å². The van der Waals surface area contributed by atoms with Crippen LogP contribution in [0.25, 0.3) is 0 Å². The van der Waals surface area contributed by atoms with Crippen molar-refractivity contribution in [2.45, 2.75) is 18.5 Å². The summed E-state index contributed by atoms with van der Waals surface area (Å²) < 4.78 is 97.2. The van der Waals surface area contributed by atoms with Crippen molar-refractivity contribution in [1.29, 1.82) is 0 Å². The summed E-state index contributed by atoms with van der Waals surface area (Å²) in [5.41, 5.74) is 0. The standard InChI is InChI=1S/C6H4F8O/c7-1-6(13,14)2(8)4(11)15-5(12)3(9)10/h2,4H,1H2. The van der Waals surface area contributed by atoms with Crippen molar-refractivity contribution >= 4 is 0 Å². The number of rotatable bonds is 5. The molecule has 0 fully saturated rings. The van der Waals surface area contributed by atoms with Crippen LogP contribution in [0, 0.1) is 0 Å². The second kappa shape index (κ2) is 5.17. The smallest absolute Gasteiger partial charge is 0.342 e. The highest BCUT2D eigenvalue weighted by molar-refractivity contribution is 4.85. The first-order valence-corrected chi connectivity index (χ1v) is 3.31. The van der Waals surface area contributed by atoms with Gasteiger partial charge in [-0.2, -0.15) is 17.6 Å². The van der Waals surface area contributed by atoms with E-state index in [1.54, 1.807) is 0 Å². The van der Waals surface area contributed by atoms with E-state index in [1.807, 2.05) is 0 Å². The first-order chi connectivity index (χ1) is 6.72. The van der Waals surface area contributed by atoms with Gasteiger partial charge >= 0.3 is 18.0 Å². The largest absolute Gasteiger partial charge is 0.429 e. The van der Waals surface area contributed by atoms with Gasteiger partial charge in [-0.1, -0.05) is 0 Å². The monoisotopic (exact) mass is 244 g/mol. The van der Waals surface area contributed by atoms with Crippen molar-refractivity contribution in [3.05, 3.63) is 12.1 Å². The zero-order chi connectivity index (χ0) is 12.2. The van der Waals surface area contributed by atoms with Gasteiger partial charge in [-0.05, 0) is 0 Å². The molecule has 90 valence electrons. The summed E-state index contributed by atoms with van der Waals surface area (Å²) >= 11 is 0. The molecule has 0 radical (unpaired) electrons. The van der Waals surface area contributed by atoms with Gasteiger partial charge in [-0.15, -0.1) is 0 Å². The molecule has 0 bridgehead atoms. The summed E-state index contributed by atoms with van der Waals surface area (Å²) in [6.45, 7) is -2.57. The molecule has 0 aromatic rings. The van der Waals surface area contributed by atoms with Crippen LogP contribution in [0.2, 0.25) is 0 Å². The predicted molar refractivity (Wildman–Crippen MR) is 32.1 cm³/mol. The molecule has 0 rings (SSSR count). The van der Waals surface area contributed by atoms with Crippen molar-refractivity contribution in [2.75, 3.05) is 6.67 Å². The van der Waals surface area contributed by atoms with Crippen LogP contribution in [0.3, 0.4) is 0 Å². The lowest BCUT2D eigenvalue weighted by atomic mass is 10.2. The molecule has 0 aromatic heterocycles. The van der Waals surface area contributed by atoms with Crippen molar-refractivity contribution in [2.24, 2.45) is 0 Å². The van der Waals surface area contributed by atoms with E-state index in [1.165, 1.54) is 0 Å². The van der Waals surface area contributed by atoms with E-state index >= 15 is 0 Å². The van der Waals surface area contributed by atoms with Crippen LogP contribution in [0.4, 0.5) is 35.1 Å². The Hall–Kier alpha value is -1.02. The number of hydrogen-bond acceptors (Lipinski definition) is 1. The lowest BCUT2D eigenvalue weighted by Crippen LogP contribution is -2.40. The normalized spacial score (nSPS) is 15.7. The molecule has 0 heterocycles. The molecule has 0 aliphatic carbocycles. The fraction of sp³-hybridized carbons (Fsp3) is 0.667. The summed E-state index contributed by atoms with van der Waals surface area (Å²) in [4.78, 5) is 0. The maximum atomic E-state index is 12.3. The number of alkyl halides is 5. The predicted octanol–water partition coefficient (Wildman–Crippen LogP) is 3.28. The molecular formula is C6H4F8O. The molecule has 2 atom stereocenters. The molecule has 0 N–H and O–H groups in total. The molecule has 0 saturated heterocycles. The van der Waals surface area contributed by atoms with E-state index in [4.69, 9.17) is 0 Å². The maximum absolute atomic E-state index is 12.3. The highest BCUT2D eigenvalue weighted by atomic mass is 19.3. The van der Waals surface area contributed by atoms with Crippen LogP contribution in [0.1, 0.15) is 0 Å². The van der Waals surface area contributed by atoms with Gasteiger partial charge in [0.15, 0.2) is 6.67 Å². The second-order valence-electron chi connectivity index (χ2n) is 2.30. The van der Waals surface area contributed by atoms with E-state index in [0.29, 0.717) is 0 Å². The van der Waals surface area contributed by atoms with Gasteiger partial charge in [-0.3, -0.25) is 0 Å². The topological polar surface area (TPSA) is 9.23 Å². The van der Waals surface area contributed by atoms with Crippen LogP contribution in [-0.2, 0) is 4.74 Å². The Kier molecular flexibility index (Phi) is 4.82. The summed E-state index contributed by atoms with van der Waals surface area (Å²) in [7, 11) is 0. The Labute approximate surface area is 78.3 Å². The van der Waals surface area contributed by atoms with Crippen LogP contribution in [0.5, 0.6) is 0 Å². The summed E-state index contributed by atoms with van der Waals surface area (Å²) in [5, 5.41) is 0. The average molecular weight is 244 g/mol.